The van der Waals surface area contributed by atoms with Gasteiger partial charge in [0.15, 0.2) is 0 Å². The Hall–Kier alpha value is -3.26. The maximum absolute atomic E-state index is 15.1. The van der Waals surface area contributed by atoms with Gasteiger partial charge < -0.3 is 15.5 Å². The van der Waals surface area contributed by atoms with Crippen molar-refractivity contribution in [3.05, 3.63) is 53.6 Å². The number of aromatic nitrogens is 1. The molecule has 1 aliphatic carbocycles. The fourth-order valence-electron chi connectivity index (χ4n) is 4.29. The standard InChI is InChI=1S/C23H25F4N5O4S/c1-37(35,36)29-13-22(8-9-22)16-6-5-15(11-17(16)24)32-10-2-3-18(20(32)33)31-21(34)30-14-4-7-19(28-12-14)23(25,26)27/h4-7,11-12,18,29H,2-3,8-10,13H2,1H3,(H2,30,31,34)/t18-/m1/s1. The molecule has 2 fully saturated rings. The second-order valence-electron chi connectivity index (χ2n) is 9.25. The van der Waals surface area contributed by atoms with Crippen LogP contribution < -0.4 is 20.3 Å². The summed E-state index contributed by atoms with van der Waals surface area (Å²) in [5.74, 6) is -1.01. The normalized spacial score (nSPS) is 19.4. The number of benzene rings is 1. The van der Waals surface area contributed by atoms with Crippen molar-refractivity contribution in [3.63, 3.8) is 0 Å². The molecule has 1 aromatic heterocycles. The second kappa shape index (κ2) is 9.89. The van der Waals surface area contributed by atoms with E-state index in [1.54, 1.807) is 12.1 Å². The third kappa shape index (κ3) is 6.36. The summed E-state index contributed by atoms with van der Waals surface area (Å²) < 4.78 is 78.3. The van der Waals surface area contributed by atoms with Gasteiger partial charge in [0.2, 0.25) is 15.9 Å². The molecule has 0 spiro atoms. The van der Waals surface area contributed by atoms with Crippen molar-refractivity contribution in [1.82, 2.24) is 15.0 Å². The molecule has 200 valence electrons. The van der Waals surface area contributed by atoms with E-state index < -0.39 is 51.1 Å². The number of halogens is 4. The van der Waals surface area contributed by atoms with Crippen molar-refractivity contribution in [2.24, 2.45) is 0 Å². The zero-order chi connectivity index (χ0) is 27.0. The summed E-state index contributed by atoms with van der Waals surface area (Å²) in [6.07, 6.45) is -0.606. The molecule has 2 aromatic rings. The van der Waals surface area contributed by atoms with Crippen LogP contribution in [0.25, 0.3) is 0 Å². The minimum atomic E-state index is -4.61. The average Bonchev–Trinajstić information content (AvgIpc) is 3.59. The number of amides is 3. The summed E-state index contributed by atoms with van der Waals surface area (Å²) in [7, 11) is -3.43. The summed E-state index contributed by atoms with van der Waals surface area (Å²) in [5, 5.41) is 4.85. The molecular weight excluding hydrogens is 518 g/mol. The number of carbonyl (C=O) groups excluding carboxylic acids is 2. The zero-order valence-electron chi connectivity index (χ0n) is 19.7. The predicted octanol–water partition coefficient (Wildman–Crippen LogP) is 3.14. The molecule has 0 bridgehead atoms. The summed E-state index contributed by atoms with van der Waals surface area (Å²) in [6, 6.07) is 4.43. The van der Waals surface area contributed by atoms with E-state index in [0.29, 0.717) is 43.5 Å². The van der Waals surface area contributed by atoms with Crippen LogP contribution in [0.5, 0.6) is 0 Å². The van der Waals surface area contributed by atoms with E-state index in [2.05, 4.69) is 20.3 Å². The number of sulfonamides is 1. The first-order chi connectivity index (χ1) is 17.3. The van der Waals surface area contributed by atoms with E-state index in [0.717, 1.165) is 24.6 Å². The van der Waals surface area contributed by atoms with Crippen LogP contribution in [0, 0.1) is 5.82 Å². The molecule has 4 rings (SSSR count). The molecule has 1 saturated carbocycles. The number of hydrogen-bond donors (Lipinski definition) is 3. The van der Waals surface area contributed by atoms with Gasteiger partial charge in [-0.1, -0.05) is 6.07 Å². The summed E-state index contributed by atoms with van der Waals surface area (Å²) in [6.45, 7) is 0.390. The third-order valence-corrected chi connectivity index (χ3v) is 7.09. The van der Waals surface area contributed by atoms with Gasteiger partial charge >= 0.3 is 12.2 Å². The molecule has 2 heterocycles. The van der Waals surface area contributed by atoms with Crippen LogP contribution in [0.1, 0.15) is 36.9 Å². The fourth-order valence-corrected chi connectivity index (χ4v) is 4.83. The highest BCUT2D eigenvalue weighted by atomic mass is 32.2. The number of pyridine rings is 1. The highest BCUT2D eigenvalue weighted by molar-refractivity contribution is 7.88. The monoisotopic (exact) mass is 543 g/mol. The average molecular weight is 544 g/mol. The Morgan fingerprint density at radius 3 is 2.51 bits per heavy atom. The van der Waals surface area contributed by atoms with E-state index in [1.807, 2.05) is 0 Å². The largest absolute Gasteiger partial charge is 0.433 e. The van der Waals surface area contributed by atoms with Crippen LogP contribution in [-0.4, -0.2) is 50.7 Å². The van der Waals surface area contributed by atoms with Crippen molar-refractivity contribution in [3.8, 4) is 0 Å². The van der Waals surface area contributed by atoms with Gasteiger partial charge in [-0.05, 0) is 55.5 Å². The lowest BCUT2D eigenvalue weighted by Crippen LogP contribution is -2.53. The maximum Gasteiger partial charge on any atom is 0.433 e. The Balaban J connectivity index is 1.40. The van der Waals surface area contributed by atoms with E-state index in [9.17, 15) is 31.2 Å². The van der Waals surface area contributed by atoms with E-state index in [-0.39, 0.29) is 12.2 Å². The molecule has 1 aliphatic heterocycles. The van der Waals surface area contributed by atoms with Crippen LogP contribution in [-0.2, 0) is 26.4 Å². The van der Waals surface area contributed by atoms with Gasteiger partial charge in [0, 0.05) is 24.2 Å². The minimum Gasteiger partial charge on any atom is -0.326 e. The summed E-state index contributed by atoms with van der Waals surface area (Å²) in [5.41, 5.74) is -1.03. The first kappa shape index (κ1) is 26.8. The predicted molar refractivity (Wildman–Crippen MR) is 127 cm³/mol. The number of urea groups is 1. The molecule has 3 N–H and O–H groups in total. The number of hydrogen-bond acceptors (Lipinski definition) is 5. The minimum absolute atomic E-state index is 0.0163. The Bertz CT molecular complexity index is 1300. The highest BCUT2D eigenvalue weighted by Gasteiger charge is 2.46. The summed E-state index contributed by atoms with van der Waals surface area (Å²) in [4.78, 5) is 30.0. The van der Waals surface area contributed by atoms with E-state index in [4.69, 9.17) is 0 Å². The molecule has 2 aliphatic rings. The maximum atomic E-state index is 15.1. The Morgan fingerprint density at radius 1 is 1.22 bits per heavy atom. The molecule has 1 atom stereocenters. The quantitative estimate of drug-likeness (QED) is 0.464. The Labute approximate surface area is 210 Å². The first-order valence-electron chi connectivity index (χ1n) is 11.4. The molecule has 9 nitrogen and oxygen atoms in total. The number of nitrogens with one attached hydrogen (secondary N) is 3. The summed E-state index contributed by atoms with van der Waals surface area (Å²) >= 11 is 0. The van der Waals surface area contributed by atoms with Gasteiger partial charge in [0.05, 0.1) is 18.1 Å². The zero-order valence-corrected chi connectivity index (χ0v) is 20.5. The lowest BCUT2D eigenvalue weighted by atomic mass is 9.94. The molecular formula is C23H25F4N5O4S. The number of piperidine rings is 1. The van der Waals surface area contributed by atoms with E-state index >= 15 is 4.39 Å². The molecule has 1 saturated heterocycles. The van der Waals surface area contributed by atoms with Gasteiger partial charge in [-0.25, -0.2) is 27.3 Å². The number of anilines is 2. The third-order valence-electron chi connectivity index (χ3n) is 6.42. The fraction of sp³-hybridized carbons (Fsp3) is 0.435. The van der Waals surface area contributed by atoms with Crippen LogP contribution >= 0.6 is 0 Å². The topological polar surface area (TPSA) is 120 Å². The molecule has 3 amide bonds. The molecule has 1 aromatic carbocycles. The first-order valence-corrected chi connectivity index (χ1v) is 13.3. The van der Waals surface area contributed by atoms with Crippen LogP contribution in [0.15, 0.2) is 36.5 Å². The van der Waals surface area contributed by atoms with Crippen LogP contribution in [0.2, 0.25) is 0 Å². The molecule has 14 heteroatoms. The van der Waals surface area contributed by atoms with Gasteiger partial charge in [0.25, 0.3) is 0 Å². The van der Waals surface area contributed by atoms with Crippen molar-refractivity contribution in [2.75, 3.05) is 29.6 Å². The smallest absolute Gasteiger partial charge is 0.326 e. The molecule has 0 unspecified atom stereocenters. The molecule has 0 radical (unpaired) electrons. The van der Waals surface area contributed by atoms with Crippen molar-refractivity contribution >= 4 is 33.3 Å². The van der Waals surface area contributed by atoms with E-state index in [1.165, 1.54) is 11.0 Å². The van der Waals surface area contributed by atoms with Gasteiger partial charge in [-0.3, -0.25) is 4.79 Å². The van der Waals surface area contributed by atoms with Crippen molar-refractivity contribution in [2.45, 2.75) is 43.3 Å². The van der Waals surface area contributed by atoms with Gasteiger partial charge in [-0.15, -0.1) is 0 Å². The van der Waals surface area contributed by atoms with Crippen molar-refractivity contribution < 1.29 is 35.6 Å². The number of carbonyl (C=O) groups is 2. The number of alkyl halides is 3. The van der Waals surface area contributed by atoms with Crippen LogP contribution in [0.4, 0.5) is 33.7 Å². The van der Waals surface area contributed by atoms with Gasteiger partial charge in [-0.2, -0.15) is 13.2 Å². The lowest BCUT2D eigenvalue weighted by molar-refractivity contribution is -0.141. The van der Waals surface area contributed by atoms with Crippen molar-refractivity contribution in [1.29, 1.82) is 0 Å². The lowest BCUT2D eigenvalue weighted by Gasteiger charge is -2.33. The van der Waals surface area contributed by atoms with Gasteiger partial charge in [0.1, 0.15) is 17.6 Å². The second-order valence-corrected chi connectivity index (χ2v) is 11.1. The Kier molecular flexibility index (Phi) is 7.16. The SMILES string of the molecule is CS(=O)(=O)NCC1(c2ccc(N3CCC[C@@H](NC(=O)Nc4ccc(C(F)(F)F)nc4)C3=O)cc2F)CC1. The Morgan fingerprint density at radius 2 is 1.95 bits per heavy atom. The molecule has 37 heavy (non-hydrogen) atoms. The number of rotatable bonds is 7. The highest BCUT2D eigenvalue weighted by Crippen LogP contribution is 2.49. The number of nitrogens with zero attached hydrogens (tertiary/aromatic N) is 2. The van der Waals surface area contributed by atoms with Crippen LogP contribution in [0.3, 0.4) is 0 Å².